The monoisotopic (exact) mass is 361 g/mol. The molecule has 1 aromatic carbocycles. The van der Waals surface area contributed by atoms with Gasteiger partial charge < -0.3 is 19.9 Å². The van der Waals surface area contributed by atoms with Crippen LogP contribution in [-0.4, -0.2) is 60.5 Å². The Morgan fingerprint density at radius 1 is 1.04 bits per heavy atom. The molecule has 1 fully saturated rings. The fourth-order valence-electron chi connectivity index (χ4n) is 2.83. The highest BCUT2D eigenvalue weighted by Gasteiger charge is 2.29. The molecule has 1 heterocycles. The van der Waals surface area contributed by atoms with E-state index in [-0.39, 0.29) is 12.1 Å². The van der Waals surface area contributed by atoms with E-state index < -0.39 is 11.8 Å². The Morgan fingerprint density at radius 3 is 2.15 bits per heavy atom. The van der Waals surface area contributed by atoms with Gasteiger partial charge in [0, 0.05) is 26.2 Å². The van der Waals surface area contributed by atoms with Crippen LogP contribution in [0, 0.1) is 0 Å². The van der Waals surface area contributed by atoms with Crippen LogP contribution in [0.1, 0.15) is 37.9 Å². The van der Waals surface area contributed by atoms with Crippen molar-refractivity contribution in [1.82, 2.24) is 15.1 Å². The van der Waals surface area contributed by atoms with Crippen LogP contribution in [0.5, 0.6) is 0 Å². The summed E-state index contributed by atoms with van der Waals surface area (Å²) in [6.07, 6.45) is 0.574. The van der Waals surface area contributed by atoms with Crippen LogP contribution in [-0.2, 0) is 20.7 Å². The largest absolute Gasteiger partial charge is 0.450 e. The van der Waals surface area contributed by atoms with Crippen LogP contribution in [0.2, 0.25) is 0 Å². The van der Waals surface area contributed by atoms with Crippen LogP contribution >= 0.6 is 0 Å². The molecule has 0 aromatic heterocycles. The third kappa shape index (κ3) is 4.97. The number of carbonyl (C=O) groups excluding carboxylic acids is 3. The molecular weight excluding hydrogens is 334 g/mol. The van der Waals surface area contributed by atoms with E-state index in [0.717, 1.165) is 12.0 Å². The lowest BCUT2D eigenvalue weighted by Crippen LogP contribution is -2.54. The van der Waals surface area contributed by atoms with Crippen molar-refractivity contribution in [2.75, 3.05) is 32.8 Å². The number of rotatable bonds is 4. The highest BCUT2D eigenvalue weighted by molar-refractivity contribution is 6.35. The van der Waals surface area contributed by atoms with Crippen LogP contribution in [0.25, 0.3) is 0 Å². The average Bonchev–Trinajstić information content (AvgIpc) is 2.67. The maximum absolute atomic E-state index is 12.3. The molecule has 0 saturated carbocycles. The topological polar surface area (TPSA) is 79.0 Å². The lowest BCUT2D eigenvalue weighted by atomic mass is 10.0. The van der Waals surface area contributed by atoms with Crippen LogP contribution < -0.4 is 5.32 Å². The van der Waals surface area contributed by atoms with Crippen molar-refractivity contribution >= 4 is 17.9 Å². The number of piperazine rings is 1. The number of carbonyl (C=O) groups is 3. The van der Waals surface area contributed by atoms with Gasteiger partial charge in [-0.1, -0.05) is 31.2 Å². The van der Waals surface area contributed by atoms with Crippen molar-refractivity contribution < 1.29 is 19.1 Å². The summed E-state index contributed by atoms with van der Waals surface area (Å²) in [7, 11) is 0. The number of nitrogens with zero attached hydrogens (tertiary/aromatic N) is 2. The summed E-state index contributed by atoms with van der Waals surface area (Å²) in [5.74, 6) is -1.19. The summed E-state index contributed by atoms with van der Waals surface area (Å²) in [5, 5.41) is 2.75. The molecule has 0 aliphatic carbocycles. The normalized spacial score (nSPS) is 15.3. The van der Waals surface area contributed by atoms with E-state index in [1.54, 1.807) is 11.8 Å². The smallest absolute Gasteiger partial charge is 0.409 e. The molecule has 0 spiro atoms. The Balaban J connectivity index is 1.85. The Labute approximate surface area is 154 Å². The van der Waals surface area contributed by atoms with Crippen molar-refractivity contribution in [2.24, 2.45) is 0 Å². The zero-order valence-corrected chi connectivity index (χ0v) is 15.7. The van der Waals surface area contributed by atoms with Gasteiger partial charge >= 0.3 is 17.9 Å². The molecular formula is C19H27N3O4. The van der Waals surface area contributed by atoms with Gasteiger partial charge in [0.25, 0.3) is 0 Å². The van der Waals surface area contributed by atoms with E-state index in [0.29, 0.717) is 32.8 Å². The van der Waals surface area contributed by atoms with Crippen LogP contribution in [0.15, 0.2) is 24.3 Å². The van der Waals surface area contributed by atoms with Crippen LogP contribution in [0.4, 0.5) is 4.79 Å². The standard InChI is InChI=1S/C19H27N3O4/c1-4-15-6-8-16(9-7-15)14(3)20-17(23)18(24)21-10-12-22(13-11-21)19(25)26-5-2/h6-9,14H,4-5,10-13H2,1-3H3,(H,20,23). The molecule has 1 aliphatic rings. The number of hydrogen-bond donors (Lipinski definition) is 1. The summed E-state index contributed by atoms with van der Waals surface area (Å²) in [6, 6.07) is 7.72. The molecule has 1 aromatic rings. The fourth-order valence-corrected chi connectivity index (χ4v) is 2.83. The minimum atomic E-state index is -0.623. The van der Waals surface area contributed by atoms with E-state index in [1.165, 1.54) is 10.5 Å². The number of nitrogens with one attached hydrogen (secondary N) is 1. The summed E-state index contributed by atoms with van der Waals surface area (Å²) < 4.78 is 4.95. The Hall–Kier alpha value is -2.57. The van der Waals surface area contributed by atoms with Gasteiger partial charge in [-0.25, -0.2) is 4.79 Å². The second kappa shape index (κ2) is 9.22. The van der Waals surface area contributed by atoms with Crippen molar-refractivity contribution in [3.8, 4) is 0 Å². The Morgan fingerprint density at radius 2 is 1.62 bits per heavy atom. The number of aryl methyl sites for hydroxylation is 1. The minimum Gasteiger partial charge on any atom is -0.450 e. The van der Waals surface area contributed by atoms with Gasteiger partial charge in [-0.15, -0.1) is 0 Å². The highest BCUT2D eigenvalue weighted by Crippen LogP contribution is 2.14. The molecule has 0 bridgehead atoms. The molecule has 1 N–H and O–H groups in total. The molecule has 7 nitrogen and oxygen atoms in total. The summed E-state index contributed by atoms with van der Waals surface area (Å²) in [6.45, 7) is 7.38. The Kier molecular flexibility index (Phi) is 7.00. The second-order valence-electron chi connectivity index (χ2n) is 6.27. The van der Waals surface area contributed by atoms with Gasteiger partial charge in [-0.2, -0.15) is 0 Å². The first-order chi connectivity index (χ1) is 12.5. The number of ether oxygens (including phenoxy) is 1. The average molecular weight is 361 g/mol. The summed E-state index contributed by atoms with van der Waals surface area (Å²) in [4.78, 5) is 39.3. The van der Waals surface area contributed by atoms with Crippen molar-refractivity contribution in [3.05, 3.63) is 35.4 Å². The van der Waals surface area contributed by atoms with Gasteiger partial charge in [0.1, 0.15) is 0 Å². The lowest BCUT2D eigenvalue weighted by Gasteiger charge is -2.33. The van der Waals surface area contributed by atoms with Crippen molar-refractivity contribution in [1.29, 1.82) is 0 Å². The Bertz CT molecular complexity index is 637. The minimum absolute atomic E-state index is 0.252. The molecule has 1 atom stereocenters. The van der Waals surface area contributed by atoms with Gasteiger partial charge in [0.05, 0.1) is 12.6 Å². The van der Waals surface area contributed by atoms with Crippen molar-refractivity contribution in [3.63, 3.8) is 0 Å². The third-order valence-electron chi connectivity index (χ3n) is 4.52. The third-order valence-corrected chi connectivity index (χ3v) is 4.52. The SMILES string of the molecule is CCOC(=O)N1CCN(C(=O)C(=O)NC(C)c2ccc(CC)cc2)CC1. The predicted molar refractivity (Wildman–Crippen MR) is 97.6 cm³/mol. The van der Waals surface area contributed by atoms with Gasteiger partial charge in [-0.3, -0.25) is 9.59 Å². The van der Waals surface area contributed by atoms with E-state index in [2.05, 4.69) is 12.2 Å². The van der Waals surface area contributed by atoms with Crippen LogP contribution in [0.3, 0.4) is 0 Å². The number of amides is 3. The quantitative estimate of drug-likeness (QED) is 0.829. The molecule has 1 aliphatic heterocycles. The number of benzene rings is 1. The fraction of sp³-hybridized carbons (Fsp3) is 0.526. The molecule has 142 valence electrons. The van der Waals surface area contributed by atoms with E-state index in [4.69, 9.17) is 4.74 Å². The number of hydrogen-bond acceptors (Lipinski definition) is 4. The van der Waals surface area contributed by atoms with E-state index in [1.807, 2.05) is 31.2 Å². The van der Waals surface area contributed by atoms with Gasteiger partial charge in [-0.05, 0) is 31.4 Å². The first-order valence-corrected chi connectivity index (χ1v) is 9.06. The molecule has 2 rings (SSSR count). The van der Waals surface area contributed by atoms with Gasteiger partial charge in [0.2, 0.25) is 0 Å². The highest BCUT2D eigenvalue weighted by atomic mass is 16.6. The van der Waals surface area contributed by atoms with Gasteiger partial charge in [0.15, 0.2) is 0 Å². The zero-order valence-electron chi connectivity index (χ0n) is 15.7. The first-order valence-electron chi connectivity index (χ1n) is 9.06. The molecule has 1 saturated heterocycles. The summed E-state index contributed by atoms with van der Waals surface area (Å²) >= 11 is 0. The van der Waals surface area contributed by atoms with E-state index >= 15 is 0 Å². The molecule has 3 amide bonds. The molecule has 7 heteroatoms. The zero-order chi connectivity index (χ0) is 19.1. The molecule has 1 unspecified atom stereocenters. The molecule has 26 heavy (non-hydrogen) atoms. The molecule has 0 radical (unpaired) electrons. The predicted octanol–water partition coefficient (Wildman–Crippen LogP) is 1.73. The van der Waals surface area contributed by atoms with E-state index in [9.17, 15) is 14.4 Å². The first kappa shape index (κ1) is 19.8. The lowest BCUT2D eigenvalue weighted by molar-refractivity contribution is -0.147. The second-order valence-corrected chi connectivity index (χ2v) is 6.27. The maximum atomic E-state index is 12.3. The van der Waals surface area contributed by atoms with Crippen molar-refractivity contribution in [2.45, 2.75) is 33.2 Å². The summed E-state index contributed by atoms with van der Waals surface area (Å²) in [5.41, 5.74) is 2.18. The maximum Gasteiger partial charge on any atom is 0.409 e.